The number of morpholine rings is 1. The number of carbonyl (C=O) groups is 2. The number of rotatable bonds is 7. The van der Waals surface area contributed by atoms with Crippen molar-refractivity contribution in [2.24, 2.45) is 0 Å². The number of likely N-dealkylation sites (N-methyl/N-ethyl adjacent to an activating group) is 1. The summed E-state index contributed by atoms with van der Waals surface area (Å²) < 4.78 is 22.3. The van der Waals surface area contributed by atoms with Gasteiger partial charge in [-0.2, -0.15) is 0 Å². The van der Waals surface area contributed by atoms with E-state index in [4.69, 9.17) is 18.9 Å². The predicted molar refractivity (Wildman–Crippen MR) is 116 cm³/mol. The molecule has 0 radical (unpaired) electrons. The summed E-state index contributed by atoms with van der Waals surface area (Å²) in [4.78, 5) is 28.1. The standard InChI is InChI=1S/C25H27NO6/c1-26-20-12-18(13-21(26)23-22(20)32-23)31-25(28)19(15-6-4-3-5-7-15)14-30-24(27)16-8-10-17(29-2)11-9-16/h3-11,18-23H,12-14H2,1-2H3/t18-,19-,20-,21+,22-,23+/m1/s1. The number of nitrogens with zero attached hydrogens (tertiary/aromatic N) is 1. The number of piperidine rings is 1. The van der Waals surface area contributed by atoms with Gasteiger partial charge in [-0.1, -0.05) is 30.3 Å². The molecule has 32 heavy (non-hydrogen) atoms. The Morgan fingerprint density at radius 2 is 1.69 bits per heavy atom. The number of methoxy groups -OCH3 is 1. The Morgan fingerprint density at radius 1 is 1.03 bits per heavy atom. The molecular weight excluding hydrogens is 410 g/mol. The largest absolute Gasteiger partial charge is 0.497 e. The van der Waals surface area contributed by atoms with E-state index in [1.54, 1.807) is 31.4 Å². The Kier molecular flexibility index (Phi) is 5.61. The van der Waals surface area contributed by atoms with Crippen molar-refractivity contribution in [3.05, 3.63) is 65.7 Å². The van der Waals surface area contributed by atoms with Crippen molar-refractivity contribution in [2.45, 2.75) is 49.2 Å². The molecule has 5 rings (SSSR count). The zero-order valence-corrected chi connectivity index (χ0v) is 18.2. The van der Waals surface area contributed by atoms with Gasteiger partial charge in [-0.3, -0.25) is 9.69 Å². The summed E-state index contributed by atoms with van der Waals surface area (Å²) in [5.41, 5.74) is 1.17. The third-order valence-electron chi connectivity index (χ3n) is 6.85. The van der Waals surface area contributed by atoms with E-state index in [0.29, 0.717) is 23.4 Å². The van der Waals surface area contributed by atoms with Crippen molar-refractivity contribution in [3.8, 4) is 5.75 Å². The number of esters is 2. The van der Waals surface area contributed by atoms with E-state index in [9.17, 15) is 9.59 Å². The molecular formula is C25H27NO6. The van der Waals surface area contributed by atoms with Crippen molar-refractivity contribution in [2.75, 3.05) is 20.8 Å². The molecule has 0 amide bonds. The molecule has 0 N–H and O–H groups in total. The second-order valence-corrected chi connectivity index (χ2v) is 8.69. The summed E-state index contributed by atoms with van der Waals surface area (Å²) in [6.07, 6.45) is 1.96. The highest BCUT2D eigenvalue weighted by molar-refractivity contribution is 5.90. The molecule has 7 nitrogen and oxygen atoms in total. The van der Waals surface area contributed by atoms with E-state index < -0.39 is 11.9 Å². The van der Waals surface area contributed by atoms with Crippen LogP contribution in [0.15, 0.2) is 54.6 Å². The third-order valence-corrected chi connectivity index (χ3v) is 6.85. The number of carbonyl (C=O) groups excluding carboxylic acids is 2. The molecule has 2 bridgehead atoms. The van der Waals surface area contributed by atoms with Gasteiger partial charge in [0.25, 0.3) is 0 Å². The Hall–Kier alpha value is -2.90. The molecule has 3 heterocycles. The Morgan fingerprint density at radius 3 is 2.31 bits per heavy atom. The molecule has 0 aliphatic carbocycles. The molecule has 6 atom stereocenters. The molecule has 2 aromatic carbocycles. The maximum absolute atomic E-state index is 13.2. The van der Waals surface area contributed by atoms with Gasteiger partial charge in [0, 0.05) is 24.9 Å². The first-order valence-corrected chi connectivity index (χ1v) is 11.0. The molecule has 7 heteroatoms. The van der Waals surface area contributed by atoms with Gasteiger partial charge in [0.05, 0.1) is 12.7 Å². The molecule has 0 unspecified atom stereocenters. The summed E-state index contributed by atoms with van der Waals surface area (Å²) >= 11 is 0. The lowest BCUT2D eigenvalue weighted by Crippen LogP contribution is -2.48. The number of hydrogen-bond acceptors (Lipinski definition) is 7. The second kappa shape index (κ2) is 8.56. The molecule has 3 aliphatic rings. The van der Waals surface area contributed by atoms with Crippen molar-refractivity contribution < 1.29 is 28.5 Å². The molecule has 0 aromatic heterocycles. The quantitative estimate of drug-likeness (QED) is 0.487. The summed E-state index contributed by atoms with van der Waals surface area (Å²) in [7, 11) is 3.68. The van der Waals surface area contributed by atoms with Crippen molar-refractivity contribution in [3.63, 3.8) is 0 Å². The van der Waals surface area contributed by atoms with Crippen LogP contribution in [-0.4, -0.2) is 68.0 Å². The smallest absolute Gasteiger partial charge is 0.338 e. The van der Waals surface area contributed by atoms with E-state index in [0.717, 1.165) is 18.4 Å². The summed E-state index contributed by atoms with van der Waals surface area (Å²) in [6.45, 7) is -0.0818. The molecule has 168 valence electrons. The topological polar surface area (TPSA) is 77.6 Å². The van der Waals surface area contributed by atoms with Crippen LogP contribution in [0.2, 0.25) is 0 Å². The highest BCUT2D eigenvalue weighted by Crippen LogP contribution is 2.48. The predicted octanol–water partition coefficient (Wildman–Crippen LogP) is 2.79. The third kappa shape index (κ3) is 3.98. The van der Waals surface area contributed by atoms with Crippen LogP contribution in [0, 0.1) is 0 Å². The van der Waals surface area contributed by atoms with Crippen LogP contribution >= 0.6 is 0 Å². The minimum Gasteiger partial charge on any atom is -0.497 e. The van der Waals surface area contributed by atoms with Gasteiger partial charge in [-0.15, -0.1) is 0 Å². The molecule has 3 aliphatic heterocycles. The highest BCUT2D eigenvalue weighted by Gasteiger charge is 2.62. The van der Waals surface area contributed by atoms with Crippen LogP contribution in [0.25, 0.3) is 0 Å². The molecule has 0 saturated carbocycles. The Bertz CT molecular complexity index is 960. The average molecular weight is 437 g/mol. The lowest BCUT2D eigenvalue weighted by Gasteiger charge is -2.38. The van der Waals surface area contributed by atoms with E-state index in [1.807, 2.05) is 30.3 Å². The van der Waals surface area contributed by atoms with Crippen LogP contribution < -0.4 is 4.74 Å². The SMILES string of the molecule is COc1ccc(C(=O)OC[C@@H](C(=O)O[C@@H]2C[C@@H]3[C@H]4O[C@H]4[C@H](C2)N3C)c2ccccc2)cc1. The van der Waals surface area contributed by atoms with E-state index in [1.165, 1.54) is 0 Å². The van der Waals surface area contributed by atoms with E-state index in [2.05, 4.69) is 11.9 Å². The zero-order valence-electron chi connectivity index (χ0n) is 18.2. The number of ether oxygens (including phenoxy) is 4. The van der Waals surface area contributed by atoms with Gasteiger partial charge in [0.15, 0.2) is 0 Å². The first-order chi connectivity index (χ1) is 15.5. The van der Waals surface area contributed by atoms with Gasteiger partial charge in [0.1, 0.15) is 36.6 Å². The fraction of sp³-hybridized carbons (Fsp3) is 0.440. The van der Waals surface area contributed by atoms with Gasteiger partial charge in [-0.05, 0) is 36.9 Å². The molecule has 2 aromatic rings. The second-order valence-electron chi connectivity index (χ2n) is 8.69. The minimum atomic E-state index is -0.679. The fourth-order valence-corrected chi connectivity index (χ4v) is 5.00. The Labute approximate surface area is 187 Å². The van der Waals surface area contributed by atoms with E-state index in [-0.39, 0.29) is 30.9 Å². The first-order valence-electron chi connectivity index (χ1n) is 11.0. The van der Waals surface area contributed by atoms with Crippen LogP contribution in [0.1, 0.15) is 34.7 Å². The Balaban J connectivity index is 1.25. The van der Waals surface area contributed by atoms with Gasteiger partial charge in [0.2, 0.25) is 0 Å². The van der Waals surface area contributed by atoms with Crippen molar-refractivity contribution in [1.82, 2.24) is 4.90 Å². The van der Waals surface area contributed by atoms with Crippen LogP contribution in [0.5, 0.6) is 5.75 Å². The number of benzene rings is 2. The maximum Gasteiger partial charge on any atom is 0.338 e. The number of epoxide rings is 1. The zero-order chi connectivity index (χ0) is 22.2. The van der Waals surface area contributed by atoms with Gasteiger partial charge >= 0.3 is 11.9 Å². The van der Waals surface area contributed by atoms with Crippen molar-refractivity contribution in [1.29, 1.82) is 0 Å². The normalized spacial score (nSPS) is 29.0. The minimum absolute atomic E-state index is 0.0818. The first kappa shape index (κ1) is 21.0. The monoisotopic (exact) mass is 437 g/mol. The highest BCUT2D eigenvalue weighted by atomic mass is 16.6. The molecule has 3 fully saturated rings. The summed E-state index contributed by atoms with van der Waals surface area (Å²) in [5, 5.41) is 0. The molecule has 3 saturated heterocycles. The van der Waals surface area contributed by atoms with Crippen LogP contribution in [0.3, 0.4) is 0 Å². The van der Waals surface area contributed by atoms with Crippen LogP contribution in [0.4, 0.5) is 0 Å². The number of fused-ring (bicyclic) bond motifs is 5. The summed E-state index contributed by atoms with van der Waals surface area (Å²) in [5.74, 6) is -0.873. The summed E-state index contributed by atoms with van der Waals surface area (Å²) in [6, 6.07) is 16.6. The van der Waals surface area contributed by atoms with E-state index >= 15 is 0 Å². The fourth-order valence-electron chi connectivity index (χ4n) is 5.00. The number of hydrogen-bond donors (Lipinski definition) is 0. The molecule has 0 spiro atoms. The van der Waals surface area contributed by atoms with Crippen LogP contribution in [-0.2, 0) is 19.0 Å². The average Bonchev–Trinajstić information content (AvgIpc) is 3.58. The van der Waals surface area contributed by atoms with Crippen molar-refractivity contribution >= 4 is 11.9 Å². The lowest BCUT2D eigenvalue weighted by molar-refractivity contribution is -0.156. The van der Waals surface area contributed by atoms with Gasteiger partial charge < -0.3 is 18.9 Å². The maximum atomic E-state index is 13.2. The van der Waals surface area contributed by atoms with Gasteiger partial charge in [-0.25, -0.2) is 4.79 Å². The lowest BCUT2D eigenvalue weighted by atomic mass is 9.97.